The lowest BCUT2D eigenvalue weighted by molar-refractivity contribution is -0.274. The maximum absolute atomic E-state index is 12.4. The van der Waals surface area contributed by atoms with Crippen LogP contribution in [0.5, 0.6) is 5.75 Å². The maximum Gasteiger partial charge on any atom is 0.573 e. The molecule has 0 bridgehead atoms. The second-order valence-electron chi connectivity index (χ2n) is 5.09. The van der Waals surface area contributed by atoms with E-state index in [9.17, 15) is 18.0 Å². The van der Waals surface area contributed by atoms with Crippen LogP contribution in [0.4, 0.5) is 13.2 Å². The first-order chi connectivity index (χ1) is 11.9. The molecular formula is C16H13F3N4O2. The lowest BCUT2D eigenvalue weighted by atomic mass is 10.2. The molecule has 2 aromatic heterocycles. The third-order valence-electron chi connectivity index (χ3n) is 3.30. The molecule has 1 amide bonds. The maximum atomic E-state index is 12.4. The van der Waals surface area contributed by atoms with E-state index < -0.39 is 18.0 Å². The second-order valence-corrected chi connectivity index (χ2v) is 5.09. The first kappa shape index (κ1) is 16.6. The Morgan fingerprint density at radius 1 is 1.20 bits per heavy atom. The molecule has 0 unspecified atom stereocenters. The van der Waals surface area contributed by atoms with E-state index in [0.29, 0.717) is 11.4 Å². The molecule has 2 heterocycles. The molecule has 6 nitrogen and oxygen atoms in total. The highest BCUT2D eigenvalue weighted by molar-refractivity contribution is 5.96. The van der Waals surface area contributed by atoms with Gasteiger partial charge in [-0.2, -0.15) is 5.10 Å². The van der Waals surface area contributed by atoms with Crippen LogP contribution in [-0.2, 0) is 6.54 Å². The van der Waals surface area contributed by atoms with Gasteiger partial charge in [0.2, 0.25) is 0 Å². The molecule has 0 fully saturated rings. The number of hydrogen-bond acceptors (Lipinski definition) is 3. The van der Waals surface area contributed by atoms with E-state index >= 15 is 0 Å². The average molecular weight is 350 g/mol. The summed E-state index contributed by atoms with van der Waals surface area (Å²) in [5, 5.41) is 9.38. The highest BCUT2D eigenvalue weighted by Crippen LogP contribution is 2.26. The molecule has 130 valence electrons. The predicted octanol–water partition coefficient (Wildman–Crippen LogP) is 3.23. The molecule has 0 radical (unpaired) electrons. The Bertz CT molecular complexity index is 856. The Morgan fingerprint density at radius 2 is 2.00 bits per heavy atom. The summed E-state index contributed by atoms with van der Waals surface area (Å²) in [6.07, 6.45) is -3.12. The van der Waals surface area contributed by atoms with E-state index in [4.69, 9.17) is 0 Å². The SMILES string of the molecule is O=C(NCc1cc(-c2ccc[nH]2)n[nH]1)c1ccccc1OC(F)(F)F. The topological polar surface area (TPSA) is 82.8 Å². The van der Waals surface area contributed by atoms with Crippen molar-refractivity contribution in [2.24, 2.45) is 0 Å². The number of ether oxygens (including phenoxy) is 1. The molecule has 0 atom stereocenters. The number of carbonyl (C=O) groups is 1. The van der Waals surface area contributed by atoms with Gasteiger partial charge in [-0.15, -0.1) is 13.2 Å². The summed E-state index contributed by atoms with van der Waals surface area (Å²) >= 11 is 0. The summed E-state index contributed by atoms with van der Waals surface area (Å²) in [6.45, 7) is 0.0763. The summed E-state index contributed by atoms with van der Waals surface area (Å²) < 4.78 is 41.1. The molecule has 3 rings (SSSR count). The van der Waals surface area contributed by atoms with Gasteiger partial charge in [-0.1, -0.05) is 12.1 Å². The van der Waals surface area contributed by atoms with Crippen molar-refractivity contribution in [3.05, 3.63) is 59.9 Å². The Hall–Kier alpha value is -3.23. The largest absolute Gasteiger partial charge is 0.573 e. The van der Waals surface area contributed by atoms with Crippen LogP contribution in [0.15, 0.2) is 48.7 Å². The molecule has 3 N–H and O–H groups in total. The van der Waals surface area contributed by atoms with Crippen molar-refractivity contribution in [2.75, 3.05) is 0 Å². The number of aromatic nitrogens is 3. The van der Waals surface area contributed by atoms with E-state index in [0.717, 1.165) is 11.8 Å². The Kier molecular flexibility index (Phi) is 4.46. The average Bonchev–Trinajstić information content (AvgIpc) is 3.23. The number of rotatable bonds is 5. The van der Waals surface area contributed by atoms with Gasteiger partial charge in [0, 0.05) is 6.20 Å². The van der Waals surface area contributed by atoms with Crippen molar-refractivity contribution >= 4 is 5.91 Å². The van der Waals surface area contributed by atoms with E-state index in [-0.39, 0.29) is 12.1 Å². The van der Waals surface area contributed by atoms with Gasteiger partial charge in [0.05, 0.1) is 23.5 Å². The highest BCUT2D eigenvalue weighted by atomic mass is 19.4. The van der Waals surface area contributed by atoms with Gasteiger partial charge >= 0.3 is 6.36 Å². The van der Waals surface area contributed by atoms with E-state index in [1.165, 1.54) is 18.2 Å². The van der Waals surface area contributed by atoms with E-state index in [1.807, 2.05) is 12.1 Å². The quantitative estimate of drug-likeness (QED) is 0.661. The minimum atomic E-state index is -4.87. The van der Waals surface area contributed by atoms with Crippen LogP contribution in [0.2, 0.25) is 0 Å². The zero-order valence-electron chi connectivity index (χ0n) is 12.7. The number of nitrogens with one attached hydrogen (secondary N) is 3. The number of amides is 1. The normalized spacial score (nSPS) is 11.3. The van der Waals surface area contributed by atoms with Gasteiger partial charge < -0.3 is 15.0 Å². The highest BCUT2D eigenvalue weighted by Gasteiger charge is 2.32. The van der Waals surface area contributed by atoms with Gasteiger partial charge in [0.15, 0.2) is 0 Å². The van der Waals surface area contributed by atoms with E-state index in [1.54, 1.807) is 12.3 Å². The fourth-order valence-electron chi connectivity index (χ4n) is 2.22. The molecular weight excluding hydrogens is 337 g/mol. The van der Waals surface area contributed by atoms with Gasteiger partial charge in [0.1, 0.15) is 11.4 Å². The summed E-state index contributed by atoms with van der Waals surface area (Å²) in [7, 11) is 0. The zero-order valence-corrected chi connectivity index (χ0v) is 12.7. The summed E-state index contributed by atoms with van der Waals surface area (Å²) in [5.41, 5.74) is 1.86. The Morgan fingerprint density at radius 3 is 2.72 bits per heavy atom. The van der Waals surface area contributed by atoms with Crippen LogP contribution in [0.3, 0.4) is 0 Å². The van der Waals surface area contributed by atoms with Gasteiger partial charge in [-0.3, -0.25) is 9.89 Å². The van der Waals surface area contributed by atoms with Gasteiger partial charge in [0.25, 0.3) is 5.91 Å². The molecule has 1 aromatic carbocycles. The third kappa shape index (κ3) is 4.19. The van der Waals surface area contributed by atoms with Gasteiger partial charge in [-0.25, -0.2) is 0 Å². The second kappa shape index (κ2) is 6.71. The zero-order chi connectivity index (χ0) is 17.9. The minimum absolute atomic E-state index is 0.0763. The predicted molar refractivity (Wildman–Crippen MR) is 82.7 cm³/mol. The lowest BCUT2D eigenvalue weighted by Crippen LogP contribution is -2.25. The van der Waals surface area contributed by atoms with E-state index in [2.05, 4.69) is 25.2 Å². The fraction of sp³-hybridized carbons (Fsp3) is 0.125. The number of para-hydroxylation sites is 1. The van der Waals surface area contributed by atoms with Crippen LogP contribution in [0, 0.1) is 0 Å². The van der Waals surface area contributed by atoms with Crippen LogP contribution in [0.25, 0.3) is 11.4 Å². The summed E-state index contributed by atoms with van der Waals surface area (Å²) in [6, 6.07) is 10.5. The van der Waals surface area contributed by atoms with Crippen molar-refractivity contribution in [1.29, 1.82) is 0 Å². The number of benzene rings is 1. The van der Waals surface area contributed by atoms with Crippen molar-refractivity contribution in [3.63, 3.8) is 0 Å². The van der Waals surface area contributed by atoms with Crippen molar-refractivity contribution in [1.82, 2.24) is 20.5 Å². The molecule has 0 aliphatic rings. The number of H-pyrrole nitrogens is 2. The minimum Gasteiger partial charge on any atom is -0.405 e. The number of alkyl halides is 3. The van der Waals surface area contributed by atoms with Crippen molar-refractivity contribution in [2.45, 2.75) is 12.9 Å². The number of carbonyl (C=O) groups excluding carboxylic acids is 1. The molecule has 0 saturated heterocycles. The van der Waals surface area contributed by atoms with Crippen LogP contribution < -0.4 is 10.1 Å². The number of nitrogens with zero attached hydrogens (tertiary/aromatic N) is 1. The Balaban J connectivity index is 1.67. The molecule has 0 aliphatic carbocycles. The molecule has 3 aromatic rings. The van der Waals surface area contributed by atoms with Crippen molar-refractivity contribution in [3.8, 4) is 17.1 Å². The van der Waals surface area contributed by atoms with Crippen LogP contribution in [-0.4, -0.2) is 27.5 Å². The number of hydrogen-bond donors (Lipinski definition) is 3. The fourth-order valence-corrected chi connectivity index (χ4v) is 2.22. The first-order valence-electron chi connectivity index (χ1n) is 7.23. The standard InChI is InChI=1S/C16H13F3N4O2/c17-16(18,19)25-14-6-2-1-4-11(14)15(24)21-9-10-8-13(23-22-10)12-5-3-7-20-12/h1-8,20H,9H2,(H,21,24)(H,22,23). The third-order valence-corrected chi connectivity index (χ3v) is 3.30. The Labute approximate surface area is 140 Å². The summed E-state index contributed by atoms with van der Waals surface area (Å²) in [4.78, 5) is 15.2. The summed E-state index contributed by atoms with van der Waals surface area (Å²) in [5.74, 6) is -1.24. The first-order valence-corrected chi connectivity index (χ1v) is 7.23. The molecule has 0 saturated carbocycles. The monoisotopic (exact) mass is 350 g/mol. The molecule has 9 heteroatoms. The molecule has 25 heavy (non-hydrogen) atoms. The van der Waals surface area contributed by atoms with Gasteiger partial charge in [-0.05, 0) is 30.3 Å². The molecule has 0 aliphatic heterocycles. The smallest absolute Gasteiger partial charge is 0.405 e. The number of aromatic amines is 2. The lowest BCUT2D eigenvalue weighted by Gasteiger charge is -2.12. The van der Waals surface area contributed by atoms with Crippen LogP contribution in [0.1, 0.15) is 16.1 Å². The van der Waals surface area contributed by atoms with Crippen LogP contribution >= 0.6 is 0 Å². The number of halogens is 3. The molecule has 0 spiro atoms. The van der Waals surface area contributed by atoms with Crippen molar-refractivity contribution < 1.29 is 22.7 Å².